The van der Waals surface area contributed by atoms with Crippen LogP contribution in [-0.2, 0) is 0 Å². The van der Waals surface area contributed by atoms with Crippen molar-refractivity contribution in [3.05, 3.63) is 5.28 Å². The van der Waals surface area contributed by atoms with Crippen LogP contribution in [0.1, 0.15) is 6.92 Å². The first kappa shape index (κ1) is 8.99. The van der Waals surface area contributed by atoms with Gasteiger partial charge in [0.15, 0.2) is 0 Å². The average molecular weight is 190 g/mol. The highest BCUT2D eigenvalue weighted by molar-refractivity contribution is 6.28. The van der Waals surface area contributed by atoms with E-state index in [9.17, 15) is 0 Å². The van der Waals surface area contributed by atoms with Crippen molar-refractivity contribution in [2.75, 3.05) is 13.7 Å². The predicted molar refractivity (Wildman–Crippen MR) is 42.6 cm³/mol. The van der Waals surface area contributed by atoms with Crippen LogP contribution in [0.5, 0.6) is 12.0 Å². The SMILES string of the molecule is CCOc1nc(Cl)nc(OC)n1. The van der Waals surface area contributed by atoms with E-state index < -0.39 is 0 Å². The smallest absolute Gasteiger partial charge is 0.323 e. The molecule has 66 valence electrons. The largest absolute Gasteiger partial charge is 0.467 e. The van der Waals surface area contributed by atoms with Crippen LogP contribution in [0.2, 0.25) is 5.28 Å². The number of halogens is 1. The van der Waals surface area contributed by atoms with Crippen LogP contribution in [0.25, 0.3) is 0 Å². The Hall–Kier alpha value is -1.10. The van der Waals surface area contributed by atoms with Gasteiger partial charge in [0.05, 0.1) is 13.7 Å². The van der Waals surface area contributed by atoms with Crippen LogP contribution in [-0.4, -0.2) is 28.7 Å². The average Bonchev–Trinajstić information content (AvgIpc) is 2.04. The quantitative estimate of drug-likeness (QED) is 0.708. The third-order valence-electron chi connectivity index (χ3n) is 1.02. The Morgan fingerprint density at radius 3 is 2.50 bits per heavy atom. The standard InChI is InChI=1S/C6H8ClN3O2/c1-3-12-6-9-4(7)8-5(10-6)11-2/h3H2,1-2H3. The highest BCUT2D eigenvalue weighted by Gasteiger charge is 2.04. The van der Waals surface area contributed by atoms with E-state index in [4.69, 9.17) is 21.1 Å². The molecule has 6 heteroatoms. The number of hydrogen-bond donors (Lipinski definition) is 0. The zero-order chi connectivity index (χ0) is 8.97. The number of hydrogen-bond acceptors (Lipinski definition) is 5. The maximum absolute atomic E-state index is 5.54. The van der Waals surface area contributed by atoms with Crippen LogP contribution < -0.4 is 9.47 Å². The van der Waals surface area contributed by atoms with Gasteiger partial charge in [-0.15, -0.1) is 4.98 Å². The van der Waals surface area contributed by atoms with Gasteiger partial charge < -0.3 is 9.47 Å². The summed E-state index contributed by atoms with van der Waals surface area (Å²) >= 11 is 5.54. The van der Waals surface area contributed by atoms with E-state index in [1.807, 2.05) is 6.92 Å². The summed E-state index contributed by atoms with van der Waals surface area (Å²) in [4.78, 5) is 11.2. The highest BCUT2D eigenvalue weighted by atomic mass is 35.5. The summed E-state index contributed by atoms with van der Waals surface area (Å²) in [5, 5.41) is 0.0605. The minimum atomic E-state index is 0.0605. The first-order valence-electron chi connectivity index (χ1n) is 3.34. The molecule has 1 heterocycles. The normalized spacial score (nSPS) is 9.58. The Labute approximate surface area is 74.7 Å². The summed E-state index contributed by atoms with van der Waals surface area (Å²) in [6.45, 7) is 2.30. The Morgan fingerprint density at radius 2 is 1.92 bits per heavy atom. The third kappa shape index (κ3) is 2.20. The van der Waals surface area contributed by atoms with E-state index in [0.29, 0.717) is 6.61 Å². The van der Waals surface area contributed by atoms with E-state index in [-0.39, 0.29) is 17.3 Å². The molecule has 12 heavy (non-hydrogen) atoms. The van der Waals surface area contributed by atoms with E-state index in [1.54, 1.807) is 0 Å². The molecule has 1 aromatic rings. The van der Waals surface area contributed by atoms with E-state index in [1.165, 1.54) is 7.11 Å². The molecule has 0 saturated heterocycles. The fourth-order valence-corrected chi connectivity index (χ4v) is 0.744. The molecule has 1 rings (SSSR count). The lowest BCUT2D eigenvalue weighted by Gasteiger charge is -2.01. The van der Waals surface area contributed by atoms with Crippen LogP contribution in [0.4, 0.5) is 0 Å². The summed E-state index contributed by atoms with van der Waals surface area (Å²) in [6.07, 6.45) is 0. The number of methoxy groups -OCH3 is 1. The van der Waals surface area contributed by atoms with Crippen molar-refractivity contribution < 1.29 is 9.47 Å². The van der Waals surface area contributed by atoms with Crippen molar-refractivity contribution >= 4 is 11.6 Å². The maximum atomic E-state index is 5.54. The van der Waals surface area contributed by atoms with Crippen molar-refractivity contribution in [1.82, 2.24) is 15.0 Å². The van der Waals surface area contributed by atoms with Crippen molar-refractivity contribution in [2.24, 2.45) is 0 Å². The Bertz CT molecular complexity index is 269. The van der Waals surface area contributed by atoms with Gasteiger partial charge in [0.1, 0.15) is 0 Å². The predicted octanol–water partition coefficient (Wildman–Crippen LogP) is 0.932. The molecule has 0 fully saturated rings. The lowest BCUT2D eigenvalue weighted by molar-refractivity contribution is 0.297. The molecule has 0 aliphatic rings. The molecule has 0 amide bonds. The fraction of sp³-hybridized carbons (Fsp3) is 0.500. The maximum Gasteiger partial charge on any atom is 0.323 e. The molecule has 0 aliphatic heterocycles. The highest BCUT2D eigenvalue weighted by Crippen LogP contribution is 2.11. The minimum absolute atomic E-state index is 0.0605. The number of ether oxygens (including phenoxy) is 2. The molecule has 0 unspecified atom stereocenters. The zero-order valence-electron chi connectivity index (χ0n) is 6.74. The Balaban J connectivity index is 2.90. The minimum Gasteiger partial charge on any atom is -0.467 e. The molecular weight excluding hydrogens is 182 g/mol. The summed E-state index contributed by atoms with van der Waals surface area (Å²) in [5.41, 5.74) is 0. The van der Waals surface area contributed by atoms with Gasteiger partial charge in [0.25, 0.3) is 0 Å². The molecular formula is C6H8ClN3O2. The van der Waals surface area contributed by atoms with E-state index in [2.05, 4.69) is 15.0 Å². The molecule has 0 bridgehead atoms. The van der Waals surface area contributed by atoms with Crippen LogP contribution >= 0.6 is 11.6 Å². The van der Waals surface area contributed by atoms with Gasteiger partial charge in [-0.05, 0) is 18.5 Å². The fourth-order valence-electron chi connectivity index (χ4n) is 0.600. The number of rotatable bonds is 3. The third-order valence-corrected chi connectivity index (χ3v) is 1.19. The number of nitrogens with zero attached hydrogens (tertiary/aromatic N) is 3. The second kappa shape index (κ2) is 4.06. The summed E-state index contributed by atoms with van der Waals surface area (Å²) < 4.78 is 9.76. The molecule has 0 atom stereocenters. The summed E-state index contributed by atoms with van der Waals surface area (Å²) in [6, 6.07) is 0.327. The van der Waals surface area contributed by atoms with Gasteiger partial charge in [-0.2, -0.15) is 9.97 Å². The first-order chi connectivity index (χ1) is 5.76. The van der Waals surface area contributed by atoms with Gasteiger partial charge in [0.2, 0.25) is 5.28 Å². The van der Waals surface area contributed by atoms with Crippen molar-refractivity contribution in [3.8, 4) is 12.0 Å². The van der Waals surface area contributed by atoms with Crippen molar-refractivity contribution in [2.45, 2.75) is 6.92 Å². The lowest BCUT2D eigenvalue weighted by atomic mass is 10.8. The van der Waals surface area contributed by atoms with Gasteiger partial charge in [-0.25, -0.2) is 0 Å². The van der Waals surface area contributed by atoms with E-state index >= 15 is 0 Å². The van der Waals surface area contributed by atoms with Crippen LogP contribution in [0.15, 0.2) is 0 Å². The molecule has 0 radical (unpaired) electrons. The van der Waals surface area contributed by atoms with Crippen molar-refractivity contribution in [3.63, 3.8) is 0 Å². The number of aromatic nitrogens is 3. The van der Waals surface area contributed by atoms with Gasteiger partial charge in [0, 0.05) is 0 Å². The molecule has 0 spiro atoms. The molecule has 0 saturated carbocycles. The summed E-state index contributed by atoms with van der Waals surface area (Å²) in [7, 11) is 1.45. The monoisotopic (exact) mass is 189 g/mol. The topological polar surface area (TPSA) is 57.1 Å². The van der Waals surface area contributed by atoms with Crippen LogP contribution in [0, 0.1) is 0 Å². The Kier molecular flexibility index (Phi) is 3.04. The first-order valence-corrected chi connectivity index (χ1v) is 3.72. The molecule has 1 aromatic heterocycles. The van der Waals surface area contributed by atoms with Gasteiger partial charge >= 0.3 is 12.0 Å². The van der Waals surface area contributed by atoms with Crippen molar-refractivity contribution in [1.29, 1.82) is 0 Å². The second-order valence-corrected chi connectivity index (χ2v) is 2.14. The molecule has 0 aliphatic carbocycles. The second-order valence-electron chi connectivity index (χ2n) is 1.81. The molecule has 0 aromatic carbocycles. The lowest BCUT2D eigenvalue weighted by Crippen LogP contribution is -2.01. The van der Waals surface area contributed by atoms with Gasteiger partial charge in [-0.3, -0.25) is 0 Å². The van der Waals surface area contributed by atoms with E-state index in [0.717, 1.165) is 0 Å². The zero-order valence-corrected chi connectivity index (χ0v) is 7.50. The van der Waals surface area contributed by atoms with Gasteiger partial charge in [-0.1, -0.05) is 0 Å². The summed E-state index contributed by atoms with van der Waals surface area (Å²) in [5.74, 6) is 0. The molecule has 5 nitrogen and oxygen atoms in total. The Morgan fingerprint density at radius 1 is 1.25 bits per heavy atom. The molecule has 0 N–H and O–H groups in total. The van der Waals surface area contributed by atoms with Crippen LogP contribution in [0.3, 0.4) is 0 Å².